The van der Waals surface area contributed by atoms with E-state index in [9.17, 15) is 0 Å². The molecule has 0 saturated carbocycles. The van der Waals surface area contributed by atoms with Crippen molar-refractivity contribution < 1.29 is 5.11 Å². The van der Waals surface area contributed by atoms with Crippen molar-refractivity contribution in [2.75, 3.05) is 18.5 Å². The van der Waals surface area contributed by atoms with Crippen LogP contribution in [-0.2, 0) is 0 Å². The Kier molecular flexibility index (Phi) is 5.59. The Morgan fingerprint density at radius 2 is 2.14 bits per heavy atom. The van der Waals surface area contributed by atoms with Gasteiger partial charge in [0.05, 0.1) is 10.7 Å². The lowest BCUT2D eigenvalue weighted by Gasteiger charge is -2.07. The standard InChI is InChI=1S/C10H13ClINO/c11-9-7-8(12)3-4-10(9)13-5-1-2-6-14/h3-4,7,13-14H,1-2,5-6H2. The molecule has 4 heteroatoms. The second kappa shape index (κ2) is 6.48. The highest BCUT2D eigenvalue weighted by Crippen LogP contribution is 2.23. The van der Waals surface area contributed by atoms with Gasteiger partial charge in [-0.05, 0) is 53.6 Å². The molecule has 2 N–H and O–H groups in total. The zero-order valence-corrected chi connectivity index (χ0v) is 10.7. The summed E-state index contributed by atoms with van der Waals surface area (Å²) in [6.45, 7) is 1.10. The SMILES string of the molecule is OCCCCNc1ccc(I)cc1Cl. The molecule has 1 aromatic carbocycles. The Bertz CT molecular complexity index is 293. The molecule has 1 aromatic rings. The number of hydrogen-bond donors (Lipinski definition) is 2. The van der Waals surface area contributed by atoms with Gasteiger partial charge in [0, 0.05) is 16.7 Å². The van der Waals surface area contributed by atoms with Crippen LogP contribution in [0.25, 0.3) is 0 Å². The summed E-state index contributed by atoms with van der Waals surface area (Å²) < 4.78 is 1.13. The largest absolute Gasteiger partial charge is 0.396 e. The number of halogens is 2. The van der Waals surface area contributed by atoms with Gasteiger partial charge < -0.3 is 10.4 Å². The van der Waals surface area contributed by atoms with Gasteiger partial charge in [0.25, 0.3) is 0 Å². The highest BCUT2D eigenvalue weighted by Gasteiger charge is 1.99. The number of aliphatic hydroxyl groups excluding tert-OH is 1. The Hall–Kier alpha value is -0.0000000000000000555. The number of nitrogens with one attached hydrogen (secondary N) is 1. The molecule has 78 valence electrons. The molecule has 0 aliphatic carbocycles. The number of anilines is 1. The van der Waals surface area contributed by atoms with Crippen LogP contribution in [0.3, 0.4) is 0 Å². The van der Waals surface area contributed by atoms with Crippen molar-refractivity contribution in [2.45, 2.75) is 12.8 Å². The summed E-state index contributed by atoms with van der Waals surface area (Å²) in [6.07, 6.45) is 1.79. The predicted octanol–water partition coefficient (Wildman–Crippen LogP) is 3.13. The van der Waals surface area contributed by atoms with E-state index >= 15 is 0 Å². The first-order valence-electron chi connectivity index (χ1n) is 4.54. The van der Waals surface area contributed by atoms with E-state index in [1.807, 2.05) is 18.2 Å². The van der Waals surface area contributed by atoms with E-state index < -0.39 is 0 Å². The average Bonchev–Trinajstić information content (AvgIpc) is 2.15. The molecule has 0 amide bonds. The van der Waals surface area contributed by atoms with Gasteiger partial charge in [0.2, 0.25) is 0 Å². The maximum Gasteiger partial charge on any atom is 0.0648 e. The fraction of sp³-hybridized carbons (Fsp3) is 0.400. The van der Waals surface area contributed by atoms with Crippen LogP contribution < -0.4 is 5.32 Å². The third-order valence-corrected chi connectivity index (χ3v) is 2.82. The third kappa shape index (κ3) is 4.02. The molecule has 0 saturated heterocycles. The second-order valence-corrected chi connectivity index (χ2v) is 4.63. The molecule has 0 bridgehead atoms. The molecule has 0 aliphatic heterocycles. The molecular formula is C10H13ClINO. The van der Waals surface area contributed by atoms with Gasteiger partial charge >= 0.3 is 0 Å². The van der Waals surface area contributed by atoms with Crippen molar-refractivity contribution in [2.24, 2.45) is 0 Å². The lowest BCUT2D eigenvalue weighted by molar-refractivity contribution is 0.286. The molecule has 2 nitrogen and oxygen atoms in total. The van der Waals surface area contributed by atoms with Gasteiger partial charge in [-0.1, -0.05) is 11.6 Å². The number of benzene rings is 1. The topological polar surface area (TPSA) is 32.3 Å². The van der Waals surface area contributed by atoms with E-state index in [0.29, 0.717) is 0 Å². The zero-order valence-electron chi connectivity index (χ0n) is 7.76. The Morgan fingerprint density at radius 1 is 1.36 bits per heavy atom. The van der Waals surface area contributed by atoms with Gasteiger partial charge in [-0.3, -0.25) is 0 Å². The summed E-state index contributed by atoms with van der Waals surface area (Å²) in [7, 11) is 0. The molecule has 0 spiro atoms. The summed E-state index contributed by atoms with van der Waals surface area (Å²) in [5.41, 5.74) is 0.963. The fourth-order valence-corrected chi connectivity index (χ4v) is 2.02. The molecule has 0 aromatic heterocycles. The molecule has 0 radical (unpaired) electrons. The maximum atomic E-state index is 8.60. The van der Waals surface area contributed by atoms with Crippen LogP contribution in [0.15, 0.2) is 18.2 Å². The average molecular weight is 326 g/mol. The van der Waals surface area contributed by atoms with Crippen molar-refractivity contribution in [1.82, 2.24) is 0 Å². The highest BCUT2D eigenvalue weighted by molar-refractivity contribution is 14.1. The van der Waals surface area contributed by atoms with E-state index in [1.54, 1.807) is 0 Å². The highest BCUT2D eigenvalue weighted by atomic mass is 127. The van der Waals surface area contributed by atoms with Crippen LogP contribution in [0, 0.1) is 3.57 Å². The van der Waals surface area contributed by atoms with E-state index in [4.69, 9.17) is 16.7 Å². The summed E-state index contributed by atoms with van der Waals surface area (Å²) in [4.78, 5) is 0. The van der Waals surface area contributed by atoms with E-state index in [1.165, 1.54) is 0 Å². The lowest BCUT2D eigenvalue weighted by Crippen LogP contribution is -2.02. The number of rotatable bonds is 5. The number of aliphatic hydroxyl groups is 1. The molecule has 0 unspecified atom stereocenters. The predicted molar refractivity (Wildman–Crippen MR) is 69.0 cm³/mol. The summed E-state index contributed by atoms with van der Waals surface area (Å²) in [6, 6.07) is 5.92. The molecule has 1 rings (SSSR count). The molecule has 0 fully saturated rings. The normalized spacial score (nSPS) is 10.2. The van der Waals surface area contributed by atoms with Gasteiger partial charge in [0.1, 0.15) is 0 Å². The number of hydrogen-bond acceptors (Lipinski definition) is 2. The van der Waals surface area contributed by atoms with Crippen molar-refractivity contribution >= 4 is 39.9 Å². The first-order valence-corrected chi connectivity index (χ1v) is 5.99. The smallest absolute Gasteiger partial charge is 0.0648 e. The summed E-state index contributed by atoms with van der Waals surface area (Å²) in [5, 5.41) is 12.6. The quantitative estimate of drug-likeness (QED) is 0.644. The zero-order chi connectivity index (χ0) is 10.4. The van der Waals surface area contributed by atoms with Gasteiger partial charge in [-0.2, -0.15) is 0 Å². The minimum absolute atomic E-state index is 0.252. The Balaban J connectivity index is 2.42. The first kappa shape index (κ1) is 12.1. The molecular weight excluding hydrogens is 312 g/mol. The third-order valence-electron chi connectivity index (χ3n) is 1.83. The minimum Gasteiger partial charge on any atom is -0.396 e. The van der Waals surface area contributed by atoms with Crippen LogP contribution in [0.2, 0.25) is 5.02 Å². The molecule has 14 heavy (non-hydrogen) atoms. The Labute approximate surface area is 103 Å². The molecule has 0 atom stereocenters. The van der Waals surface area contributed by atoms with Crippen LogP contribution >= 0.6 is 34.2 Å². The van der Waals surface area contributed by atoms with E-state index in [0.717, 1.165) is 33.7 Å². The molecule has 0 heterocycles. The van der Waals surface area contributed by atoms with E-state index in [-0.39, 0.29) is 6.61 Å². The van der Waals surface area contributed by atoms with Crippen LogP contribution in [-0.4, -0.2) is 18.3 Å². The second-order valence-electron chi connectivity index (χ2n) is 2.98. The van der Waals surface area contributed by atoms with Crippen LogP contribution in [0.4, 0.5) is 5.69 Å². The monoisotopic (exact) mass is 325 g/mol. The van der Waals surface area contributed by atoms with Crippen molar-refractivity contribution in [3.05, 3.63) is 26.8 Å². The van der Waals surface area contributed by atoms with E-state index in [2.05, 4.69) is 27.9 Å². The summed E-state index contributed by atoms with van der Waals surface area (Å²) >= 11 is 8.25. The van der Waals surface area contributed by atoms with Crippen LogP contribution in [0.5, 0.6) is 0 Å². The fourth-order valence-electron chi connectivity index (χ4n) is 1.09. The van der Waals surface area contributed by atoms with Crippen molar-refractivity contribution in [3.63, 3.8) is 0 Å². The van der Waals surface area contributed by atoms with Crippen LogP contribution in [0.1, 0.15) is 12.8 Å². The van der Waals surface area contributed by atoms with Gasteiger partial charge in [-0.15, -0.1) is 0 Å². The van der Waals surface area contributed by atoms with Gasteiger partial charge in [0.15, 0.2) is 0 Å². The minimum atomic E-state index is 0.252. The lowest BCUT2D eigenvalue weighted by atomic mass is 10.3. The Morgan fingerprint density at radius 3 is 2.79 bits per heavy atom. The van der Waals surface area contributed by atoms with Crippen molar-refractivity contribution in [1.29, 1.82) is 0 Å². The first-order chi connectivity index (χ1) is 6.74. The maximum absolute atomic E-state index is 8.60. The van der Waals surface area contributed by atoms with Crippen molar-refractivity contribution in [3.8, 4) is 0 Å². The number of unbranched alkanes of at least 4 members (excludes halogenated alkanes) is 1. The summed E-state index contributed by atoms with van der Waals surface area (Å²) in [5.74, 6) is 0. The van der Waals surface area contributed by atoms with Gasteiger partial charge in [-0.25, -0.2) is 0 Å². The molecule has 0 aliphatic rings.